The number of fused-ring (bicyclic) bond motifs is 1. The lowest BCUT2D eigenvalue weighted by atomic mass is 9.87. The number of guanidine groups is 1. The Morgan fingerprint density at radius 3 is 2.52 bits per heavy atom. The number of Topliss-reactive ketones (excluding diaryl/α,β-unsaturated/α-hetero) is 1. The average molecular weight is 386 g/mol. The standard InChI is InChI=1S/C24H26N4O/c29-22(20-6-2-1-3-7-20)18-28-23-26-21(19-8-14-25-15-9-19)10-16-27(23)17-13-24(28)11-4-5-12-24/h1-3,6-10,14-15H,4-5,11-13,16-18H2. The van der Waals surface area contributed by atoms with Crippen LogP contribution in [0, 0.1) is 0 Å². The number of carbonyl (C=O) groups excluding carboxylic acids is 1. The van der Waals surface area contributed by atoms with E-state index in [1.54, 1.807) is 12.4 Å². The zero-order valence-corrected chi connectivity index (χ0v) is 16.6. The van der Waals surface area contributed by atoms with Gasteiger partial charge < -0.3 is 9.80 Å². The molecule has 5 nitrogen and oxygen atoms in total. The van der Waals surface area contributed by atoms with Crippen LogP contribution in [0.1, 0.15) is 48.0 Å². The van der Waals surface area contributed by atoms with Gasteiger partial charge in [0.15, 0.2) is 5.78 Å². The van der Waals surface area contributed by atoms with Gasteiger partial charge in [0.25, 0.3) is 0 Å². The van der Waals surface area contributed by atoms with Gasteiger partial charge in [-0.3, -0.25) is 9.78 Å². The Kier molecular flexibility index (Phi) is 4.66. The van der Waals surface area contributed by atoms with E-state index in [-0.39, 0.29) is 11.3 Å². The Morgan fingerprint density at radius 1 is 1.00 bits per heavy atom. The maximum Gasteiger partial charge on any atom is 0.203 e. The van der Waals surface area contributed by atoms with Crippen LogP contribution in [0.25, 0.3) is 5.70 Å². The normalized spacial score (nSPS) is 20.3. The van der Waals surface area contributed by atoms with Crippen LogP contribution < -0.4 is 0 Å². The smallest absolute Gasteiger partial charge is 0.203 e. The van der Waals surface area contributed by atoms with Gasteiger partial charge in [0.05, 0.1) is 12.2 Å². The van der Waals surface area contributed by atoms with Crippen LogP contribution in [0.2, 0.25) is 0 Å². The molecule has 0 atom stereocenters. The van der Waals surface area contributed by atoms with Crippen molar-refractivity contribution in [3.05, 3.63) is 72.1 Å². The largest absolute Gasteiger partial charge is 0.339 e. The number of hydrogen-bond donors (Lipinski definition) is 0. The van der Waals surface area contributed by atoms with Crippen molar-refractivity contribution in [2.45, 2.75) is 37.6 Å². The van der Waals surface area contributed by atoms with Gasteiger partial charge >= 0.3 is 0 Å². The molecule has 148 valence electrons. The van der Waals surface area contributed by atoms with Crippen LogP contribution in [0.3, 0.4) is 0 Å². The third-order valence-corrected chi connectivity index (χ3v) is 6.58. The van der Waals surface area contributed by atoms with Gasteiger partial charge in [-0.1, -0.05) is 43.2 Å². The summed E-state index contributed by atoms with van der Waals surface area (Å²) in [4.78, 5) is 27.0. The molecule has 3 aliphatic rings. The lowest BCUT2D eigenvalue weighted by Crippen LogP contribution is -2.63. The van der Waals surface area contributed by atoms with E-state index in [2.05, 4.69) is 20.9 Å². The van der Waals surface area contributed by atoms with Crippen LogP contribution in [0.15, 0.2) is 65.9 Å². The van der Waals surface area contributed by atoms with Gasteiger partial charge in [-0.05, 0) is 37.5 Å². The summed E-state index contributed by atoms with van der Waals surface area (Å²) >= 11 is 0. The Hall–Kier alpha value is -2.95. The van der Waals surface area contributed by atoms with Crippen molar-refractivity contribution in [2.75, 3.05) is 19.6 Å². The summed E-state index contributed by atoms with van der Waals surface area (Å²) in [5.41, 5.74) is 2.90. The van der Waals surface area contributed by atoms with E-state index in [0.717, 1.165) is 55.1 Å². The van der Waals surface area contributed by atoms with Gasteiger partial charge in [-0.2, -0.15) is 0 Å². The molecule has 0 amide bonds. The van der Waals surface area contributed by atoms with E-state index in [4.69, 9.17) is 4.99 Å². The van der Waals surface area contributed by atoms with Gasteiger partial charge in [-0.15, -0.1) is 0 Å². The van der Waals surface area contributed by atoms with E-state index in [9.17, 15) is 4.79 Å². The summed E-state index contributed by atoms with van der Waals surface area (Å²) < 4.78 is 0. The molecule has 0 radical (unpaired) electrons. The monoisotopic (exact) mass is 386 g/mol. The molecule has 1 aromatic carbocycles. The fraction of sp³-hybridized carbons (Fsp3) is 0.375. The van der Waals surface area contributed by atoms with Crippen molar-refractivity contribution in [1.82, 2.24) is 14.8 Å². The minimum Gasteiger partial charge on any atom is -0.339 e. The van der Waals surface area contributed by atoms with Gasteiger partial charge in [0.1, 0.15) is 0 Å². The molecule has 2 aliphatic heterocycles. The molecule has 1 aliphatic carbocycles. The summed E-state index contributed by atoms with van der Waals surface area (Å²) in [5.74, 6) is 1.14. The molecule has 1 aromatic heterocycles. The maximum atomic E-state index is 13.1. The predicted octanol–water partition coefficient (Wildman–Crippen LogP) is 4.00. The van der Waals surface area contributed by atoms with Gasteiger partial charge in [-0.25, -0.2) is 4.99 Å². The first-order valence-corrected chi connectivity index (χ1v) is 10.6. The molecule has 1 saturated carbocycles. The lowest BCUT2D eigenvalue weighted by molar-refractivity contribution is 0.0749. The molecule has 29 heavy (non-hydrogen) atoms. The topological polar surface area (TPSA) is 48.8 Å². The minimum atomic E-state index is 0.0699. The zero-order valence-electron chi connectivity index (χ0n) is 16.6. The number of ketones is 1. The first-order chi connectivity index (χ1) is 14.3. The van der Waals surface area contributed by atoms with Crippen molar-refractivity contribution in [3.63, 3.8) is 0 Å². The Labute approximate surface area is 171 Å². The first-order valence-electron chi connectivity index (χ1n) is 10.6. The lowest BCUT2D eigenvalue weighted by Gasteiger charge is -2.51. The van der Waals surface area contributed by atoms with Crippen molar-refractivity contribution < 1.29 is 4.79 Å². The number of aromatic nitrogens is 1. The van der Waals surface area contributed by atoms with Crippen LogP contribution >= 0.6 is 0 Å². The number of hydrogen-bond acceptors (Lipinski definition) is 5. The van der Waals surface area contributed by atoms with E-state index in [1.807, 2.05) is 42.5 Å². The summed E-state index contributed by atoms with van der Waals surface area (Å²) in [6.07, 6.45) is 11.7. The Balaban J connectivity index is 1.51. The van der Waals surface area contributed by atoms with E-state index < -0.39 is 0 Å². The molecule has 5 rings (SSSR count). The summed E-state index contributed by atoms with van der Waals surface area (Å²) in [6.45, 7) is 2.24. The SMILES string of the molecule is O=C(CN1C2=NC(c3ccncc3)=CCN2CCC12CCCC2)c1ccccc1. The molecular formula is C24H26N4O. The highest BCUT2D eigenvalue weighted by atomic mass is 16.1. The number of rotatable bonds is 4. The molecule has 2 fully saturated rings. The molecule has 5 heteroatoms. The molecular weight excluding hydrogens is 360 g/mol. The van der Waals surface area contributed by atoms with Crippen molar-refractivity contribution >= 4 is 17.4 Å². The molecule has 0 unspecified atom stereocenters. The Bertz CT molecular complexity index is 945. The number of benzene rings is 1. The second-order valence-corrected chi connectivity index (χ2v) is 8.24. The van der Waals surface area contributed by atoms with Crippen molar-refractivity contribution in [1.29, 1.82) is 0 Å². The predicted molar refractivity (Wildman–Crippen MR) is 115 cm³/mol. The van der Waals surface area contributed by atoms with Crippen LogP contribution in [0.4, 0.5) is 0 Å². The highest BCUT2D eigenvalue weighted by molar-refractivity contribution is 6.00. The number of pyridine rings is 1. The van der Waals surface area contributed by atoms with E-state index in [0.29, 0.717) is 6.54 Å². The third kappa shape index (κ3) is 3.35. The molecule has 3 heterocycles. The highest BCUT2D eigenvalue weighted by Crippen LogP contribution is 2.42. The van der Waals surface area contributed by atoms with Crippen LogP contribution in [-0.4, -0.2) is 51.7 Å². The fourth-order valence-electron chi connectivity index (χ4n) is 4.97. The maximum absolute atomic E-state index is 13.1. The summed E-state index contributed by atoms with van der Waals surface area (Å²) in [5, 5.41) is 0. The summed E-state index contributed by atoms with van der Waals surface area (Å²) in [6, 6.07) is 13.6. The highest BCUT2D eigenvalue weighted by Gasteiger charge is 2.46. The number of aliphatic imine (C=N–C) groups is 1. The third-order valence-electron chi connectivity index (χ3n) is 6.58. The second-order valence-electron chi connectivity index (χ2n) is 8.24. The molecule has 0 N–H and O–H groups in total. The Morgan fingerprint density at radius 2 is 1.76 bits per heavy atom. The molecule has 2 aromatic rings. The molecule has 1 saturated heterocycles. The average Bonchev–Trinajstić information content (AvgIpc) is 3.26. The van der Waals surface area contributed by atoms with E-state index >= 15 is 0 Å². The quantitative estimate of drug-likeness (QED) is 0.746. The number of carbonyl (C=O) groups is 1. The van der Waals surface area contributed by atoms with Gasteiger partial charge in [0, 0.05) is 42.1 Å². The van der Waals surface area contributed by atoms with E-state index in [1.165, 1.54) is 12.8 Å². The minimum absolute atomic E-state index is 0.0699. The van der Waals surface area contributed by atoms with Crippen molar-refractivity contribution in [3.8, 4) is 0 Å². The second kappa shape index (κ2) is 7.47. The van der Waals surface area contributed by atoms with Crippen LogP contribution in [0.5, 0.6) is 0 Å². The first kappa shape index (κ1) is 18.1. The summed E-state index contributed by atoms with van der Waals surface area (Å²) in [7, 11) is 0. The zero-order chi connectivity index (χ0) is 19.7. The number of nitrogens with zero attached hydrogens (tertiary/aromatic N) is 4. The molecule has 0 bridgehead atoms. The molecule has 1 spiro atoms. The fourth-order valence-corrected chi connectivity index (χ4v) is 4.97. The van der Waals surface area contributed by atoms with Crippen LogP contribution in [-0.2, 0) is 0 Å². The van der Waals surface area contributed by atoms with Crippen molar-refractivity contribution in [2.24, 2.45) is 4.99 Å². The van der Waals surface area contributed by atoms with Gasteiger partial charge in [0.2, 0.25) is 5.96 Å².